The van der Waals surface area contributed by atoms with E-state index in [1.807, 2.05) is 47.2 Å². The molecule has 0 aliphatic carbocycles. The first-order valence-corrected chi connectivity index (χ1v) is 8.55. The zero-order chi connectivity index (χ0) is 17.4. The fraction of sp³-hybridized carbons (Fsp3) is 0.278. The van der Waals surface area contributed by atoms with Crippen LogP contribution < -0.4 is 5.32 Å². The van der Waals surface area contributed by atoms with Crippen molar-refractivity contribution < 1.29 is 9.59 Å². The maximum absolute atomic E-state index is 12.1. The summed E-state index contributed by atoms with van der Waals surface area (Å²) in [6.45, 7) is 2.28. The second kappa shape index (κ2) is 8.85. The summed E-state index contributed by atoms with van der Waals surface area (Å²) in [4.78, 5) is 25.5. The molecule has 0 spiro atoms. The van der Waals surface area contributed by atoms with Crippen LogP contribution in [-0.2, 0) is 16.1 Å². The zero-order valence-corrected chi connectivity index (χ0v) is 14.3. The molecule has 5 nitrogen and oxygen atoms in total. The minimum atomic E-state index is -0.649. The summed E-state index contributed by atoms with van der Waals surface area (Å²) in [6.07, 6.45) is 0.161. The molecule has 0 fully saturated rings. The van der Waals surface area contributed by atoms with Crippen molar-refractivity contribution in [2.75, 3.05) is 6.54 Å². The number of amides is 2. The van der Waals surface area contributed by atoms with Crippen LogP contribution in [0.5, 0.6) is 0 Å². The largest absolute Gasteiger partial charge is 0.338 e. The predicted molar refractivity (Wildman–Crippen MR) is 93.0 cm³/mol. The molecule has 24 heavy (non-hydrogen) atoms. The number of carbonyl (C=O) groups excluding carboxylic acids is 2. The molecule has 0 saturated carbocycles. The summed E-state index contributed by atoms with van der Waals surface area (Å²) < 4.78 is 0. The van der Waals surface area contributed by atoms with Crippen LogP contribution in [0.25, 0.3) is 0 Å². The van der Waals surface area contributed by atoms with Gasteiger partial charge in [0.05, 0.1) is 6.07 Å². The molecule has 1 aromatic heterocycles. The maximum Gasteiger partial charge on any atom is 0.223 e. The van der Waals surface area contributed by atoms with E-state index in [1.165, 1.54) is 18.3 Å². The van der Waals surface area contributed by atoms with Gasteiger partial charge in [0.1, 0.15) is 6.04 Å². The number of rotatable bonds is 7. The summed E-state index contributed by atoms with van der Waals surface area (Å²) in [5.74, 6) is -0.326. The Morgan fingerprint density at radius 2 is 2.04 bits per heavy atom. The highest BCUT2D eigenvalue weighted by atomic mass is 32.1. The Morgan fingerprint density at radius 3 is 2.62 bits per heavy atom. The Hall–Kier alpha value is -2.65. The highest BCUT2D eigenvalue weighted by molar-refractivity contribution is 7.08. The smallest absolute Gasteiger partial charge is 0.223 e. The molecule has 1 heterocycles. The van der Waals surface area contributed by atoms with Crippen molar-refractivity contribution in [2.24, 2.45) is 0 Å². The summed E-state index contributed by atoms with van der Waals surface area (Å²) >= 11 is 1.48. The van der Waals surface area contributed by atoms with E-state index < -0.39 is 6.04 Å². The third-order valence-electron chi connectivity index (χ3n) is 3.58. The first-order valence-electron chi connectivity index (χ1n) is 7.60. The third kappa shape index (κ3) is 5.21. The van der Waals surface area contributed by atoms with Crippen molar-refractivity contribution in [2.45, 2.75) is 25.9 Å². The summed E-state index contributed by atoms with van der Waals surface area (Å²) in [7, 11) is 0. The first kappa shape index (κ1) is 17.7. The van der Waals surface area contributed by atoms with E-state index in [-0.39, 0.29) is 18.2 Å². The van der Waals surface area contributed by atoms with Gasteiger partial charge in [0.2, 0.25) is 11.8 Å². The normalized spacial score (nSPS) is 11.3. The standard InChI is InChI=1S/C18H19N3O2S/c1-14(22)21(12-15-5-3-2-4-6-15)9-7-18(23)20-17(11-19)16-8-10-24-13-16/h2-6,8,10,13,17H,7,9,12H2,1H3,(H,20,23)/t17-/m1/s1. The predicted octanol–water partition coefficient (Wildman–Crippen LogP) is 2.87. The molecular formula is C18H19N3O2S. The lowest BCUT2D eigenvalue weighted by atomic mass is 10.1. The third-order valence-corrected chi connectivity index (χ3v) is 4.28. The van der Waals surface area contributed by atoms with Crippen molar-refractivity contribution in [1.29, 1.82) is 5.26 Å². The molecule has 1 N–H and O–H groups in total. The van der Waals surface area contributed by atoms with E-state index in [4.69, 9.17) is 0 Å². The van der Waals surface area contributed by atoms with Gasteiger partial charge in [0.15, 0.2) is 0 Å². The highest BCUT2D eigenvalue weighted by Gasteiger charge is 2.16. The Labute approximate surface area is 145 Å². The van der Waals surface area contributed by atoms with E-state index in [9.17, 15) is 14.9 Å². The molecule has 0 aliphatic heterocycles. The summed E-state index contributed by atoms with van der Waals surface area (Å²) in [6, 6.07) is 12.9. The lowest BCUT2D eigenvalue weighted by molar-refractivity contribution is -0.130. The zero-order valence-electron chi connectivity index (χ0n) is 13.4. The Morgan fingerprint density at radius 1 is 1.29 bits per heavy atom. The molecule has 0 unspecified atom stereocenters. The number of nitriles is 1. The van der Waals surface area contributed by atoms with Crippen molar-refractivity contribution in [3.05, 3.63) is 58.3 Å². The lowest BCUT2D eigenvalue weighted by Gasteiger charge is -2.21. The molecule has 2 amide bonds. The molecule has 124 valence electrons. The fourth-order valence-corrected chi connectivity index (χ4v) is 2.94. The van der Waals surface area contributed by atoms with Gasteiger partial charge >= 0.3 is 0 Å². The van der Waals surface area contributed by atoms with Crippen LogP contribution in [0.1, 0.15) is 30.5 Å². The Bertz CT molecular complexity index is 708. The van der Waals surface area contributed by atoms with Gasteiger partial charge in [0.25, 0.3) is 0 Å². The van der Waals surface area contributed by atoms with Gasteiger partial charge in [0, 0.05) is 26.4 Å². The monoisotopic (exact) mass is 341 g/mol. The second-order valence-corrected chi connectivity index (χ2v) is 6.14. The summed E-state index contributed by atoms with van der Waals surface area (Å²) in [5, 5.41) is 15.6. The van der Waals surface area contributed by atoms with E-state index in [0.717, 1.165) is 11.1 Å². The van der Waals surface area contributed by atoms with Gasteiger partial charge in [-0.05, 0) is 28.0 Å². The van der Waals surface area contributed by atoms with Crippen molar-refractivity contribution in [1.82, 2.24) is 10.2 Å². The van der Waals surface area contributed by atoms with Crippen LogP contribution in [0.3, 0.4) is 0 Å². The number of hydrogen-bond donors (Lipinski definition) is 1. The van der Waals surface area contributed by atoms with Gasteiger partial charge in [-0.25, -0.2) is 0 Å². The second-order valence-electron chi connectivity index (χ2n) is 5.36. The quantitative estimate of drug-likeness (QED) is 0.841. The van der Waals surface area contributed by atoms with E-state index in [0.29, 0.717) is 13.1 Å². The van der Waals surface area contributed by atoms with Gasteiger partial charge < -0.3 is 10.2 Å². The number of benzene rings is 1. The average molecular weight is 341 g/mol. The van der Waals surface area contributed by atoms with Gasteiger partial charge in [-0.3, -0.25) is 9.59 Å². The molecule has 1 aromatic carbocycles. The first-order chi connectivity index (χ1) is 11.6. The Kier molecular flexibility index (Phi) is 6.52. The van der Waals surface area contributed by atoms with Gasteiger partial charge in [-0.15, -0.1) is 0 Å². The molecule has 0 aliphatic rings. The van der Waals surface area contributed by atoms with E-state index >= 15 is 0 Å². The molecule has 0 bridgehead atoms. The Balaban J connectivity index is 1.88. The maximum atomic E-state index is 12.1. The molecule has 2 rings (SSSR count). The molecule has 2 aromatic rings. The van der Waals surface area contributed by atoms with Crippen LogP contribution in [0.4, 0.5) is 0 Å². The lowest BCUT2D eigenvalue weighted by Crippen LogP contribution is -2.34. The molecular weight excluding hydrogens is 322 g/mol. The van der Waals surface area contributed by atoms with Gasteiger partial charge in [-0.1, -0.05) is 30.3 Å². The molecule has 1 atom stereocenters. The van der Waals surface area contributed by atoms with Crippen LogP contribution in [0.15, 0.2) is 47.2 Å². The number of nitrogens with one attached hydrogen (secondary N) is 1. The minimum Gasteiger partial charge on any atom is -0.338 e. The molecule has 6 heteroatoms. The number of thiophene rings is 1. The minimum absolute atomic E-state index is 0.0821. The van der Waals surface area contributed by atoms with Crippen molar-refractivity contribution in [3.8, 4) is 6.07 Å². The molecule has 0 saturated heterocycles. The SMILES string of the molecule is CC(=O)N(CCC(=O)N[C@H](C#N)c1ccsc1)Cc1ccccc1. The van der Waals surface area contributed by atoms with Gasteiger partial charge in [-0.2, -0.15) is 16.6 Å². The van der Waals surface area contributed by atoms with Crippen LogP contribution in [-0.4, -0.2) is 23.3 Å². The van der Waals surface area contributed by atoms with Crippen molar-refractivity contribution >= 4 is 23.2 Å². The number of carbonyl (C=O) groups is 2. The number of nitrogens with zero attached hydrogens (tertiary/aromatic N) is 2. The molecule has 0 radical (unpaired) electrons. The fourth-order valence-electron chi connectivity index (χ4n) is 2.25. The average Bonchev–Trinajstić information content (AvgIpc) is 3.11. The number of hydrogen-bond acceptors (Lipinski definition) is 4. The highest BCUT2D eigenvalue weighted by Crippen LogP contribution is 2.15. The van der Waals surface area contributed by atoms with E-state index in [2.05, 4.69) is 11.4 Å². The topological polar surface area (TPSA) is 73.2 Å². The van der Waals surface area contributed by atoms with Crippen LogP contribution in [0.2, 0.25) is 0 Å². The van der Waals surface area contributed by atoms with Crippen molar-refractivity contribution in [3.63, 3.8) is 0 Å². The van der Waals surface area contributed by atoms with Crippen LogP contribution in [0, 0.1) is 11.3 Å². The summed E-state index contributed by atoms with van der Waals surface area (Å²) in [5.41, 5.74) is 1.80. The van der Waals surface area contributed by atoms with Crippen LogP contribution >= 0.6 is 11.3 Å². The van der Waals surface area contributed by atoms with E-state index in [1.54, 1.807) is 4.90 Å².